The molecule has 0 saturated heterocycles. The summed E-state index contributed by atoms with van der Waals surface area (Å²) in [6.07, 6.45) is -3.55. The molecule has 0 radical (unpaired) electrons. The van der Waals surface area contributed by atoms with Crippen molar-refractivity contribution < 1.29 is 13.2 Å². The molecular weight excluding hydrogens is 303 g/mol. The summed E-state index contributed by atoms with van der Waals surface area (Å²) < 4.78 is 39.0. The van der Waals surface area contributed by atoms with E-state index in [2.05, 4.69) is 41.2 Å². The van der Waals surface area contributed by atoms with Gasteiger partial charge < -0.3 is 15.2 Å². The van der Waals surface area contributed by atoms with E-state index in [1.54, 1.807) is 0 Å². The van der Waals surface area contributed by atoms with Gasteiger partial charge in [0.2, 0.25) is 0 Å². The van der Waals surface area contributed by atoms with Crippen molar-refractivity contribution in [2.24, 2.45) is 0 Å². The van der Waals surface area contributed by atoms with Crippen LogP contribution in [0.2, 0.25) is 0 Å². The molecule has 126 valence electrons. The van der Waals surface area contributed by atoms with Crippen molar-refractivity contribution in [1.29, 1.82) is 0 Å². The average molecular weight is 325 g/mol. The Morgan fingerprint density at radius 3 is 2.57 bits per heavy atom. The highest BCUT2D eigenvalue weighted by atomic mass is 19.4. The van der Waals surface area contributed by atoms with Crippen molar-refractivity contribution in [2.75, 3.05) is 13.1 Å². The van der Waals surface area contributed by atoms with Gasteiger partial charge in [-0.25, -0.2) is 0 Å². The normalized spacial score (nSPS) is 14.7. The number of alkyl halides is 3. The van der Waals surface area contributed by atoms with Gasteiger partial charge in [-0.05, 0) is 55.6 Å². The molecular formula is C17H22F3N3. The van der Waals surface area contributed by atoms with Crippen LogP contribution >= 0.6 is 0 Å². The summed E-state index contributed by atoms with van der Waals surface area (Å²) in [6.45, 7) is 6.19. The van der Waals surface area contributed by atoms with Gasteiger partial charge in [-0.2, -0.15) is 13.2 Å². The van der Waals surface area contributed by atoms with E-state index in [0.717, 1.165) is 30.9 Å². The Hall–Kier alpha value is -1.53. The standard InChI is InChI=1S/C17H22F3N3/c1-3-23-11(2)14(4-5-21-10-17(18,19)20)15-6-12-8-22-9-13(12)7-16(15)23/h6-7,21-22H,3-5,8-10H2,1-2H3. The predicted octanol–water partition coefficient (Wildman–Crippen LogP) is 3.27. The number of fused-ring (bicyclic) bond motifs is 2. The second-order valence-electron chi connectivity index (χ2n) is 6.09. The fourth-order valence-electron chi connectivity index (χ4n) is 3.51. The van der Waals surface area contributed by atoms with E-state index in [0.29, 0.717) is 13.0 Å². The molecule has 1 aliphatic heterocycles. The van der Waals surface area contributed by atoms with Gasteiger partial charge in [0.05, 0.1) is 6.54 Å². The second kappa shape index (κ2) is 6.17. The molecule has 0 saturated carbocycles. The molecule has 0 spiro atoms. The number of nitrogens with zero attached hydrogens (tertiary/aromatic N) is 1. The summed E-state index contributed by atoms with van der Waals surface area (Å²) >= 11 is 0. The Bertz CT molecular complexity index is 716. The van der Waals surface area contributed by atoms with E-state index in [-0.39, 0.29) is 0 Å². The Labute approximate surface area is 133 Å². The van der Waals surface area contributed by atoms with Crippen molar-refractivity contribution in [3.05, 3.63) is 34.5 Å². The summed E-state index contributed by atoms with van der Waals surface area (Å²) in [6, 6.07) is 4.44. The van der Waals surface area contributed by atoms with Crippen molar-refractivity contribution in [2.45, 2.75) is 46.1 Å². The van der Waals surface area contributed by atoms with Gasteiger partial charge in [-0.3, -0.25) is 0 Å². The molecule has 1 aliphatic rings. The topological polar surface area (TPSA) is 29.0 Å². The smallest absolute Gasteiger partial charge is 0.345 e. The fraction of sp³-hybridized carbons (Fsp3) is 0.529. The van der Waals surface area contributed by atoms with E-state index in [1.165, 1.54) is 22.0 Å². The number of aromatic nitrogens is 1. The minimum absolute atomic E-state index is 0.332. The highest BCUT2D eigenvalue weighted by Gasteiger charge is 2.26. The number of hydrogen-bond acceptors (Lipinski definition) is 2. The Morgan fingerprint density at radius 2 is 1.91 bits per heavy atom. The van der Waals surface area contributed by atoms with Crippen LogP contribution in [0.5, 0.6) is 0 Å². The van der Waals surface area contributed by atoms with E-state index >= 15 is 0 Å². The summed E-state index contributed by atoms with van der Waals surface area (Å²) in [5, 5.41) is 7.03. The lowest BCUT2D eigenvalue weighted by molar-refractivity contribution is -0.124. The summed E-state index contributed by atoms with van der Waals surface area (Å²) in [7, 11) is 0. The number of aryl methyl sites for hydroxylation is 1. The van der Waals surface area contributed by atoms with Gasteiger partial charge >= 0.3 is 6.18 Å². The molecule has 23 heavy (non-hydrogen) atoms. The van der Waals surface area contributed by atoms with Crippen molar-refractivity contribution >= 4 is 10.9 Å². The predicted molar refractivity (Wildman–Crippen MR) is 85.5 cm³/mol. The molecule has 0 fully saturated rings. The van der Waals surface area contributed by atoms with Crippen LogP contribution in [-0.2, 0) is 26.1 Å². The van der Waals surface area contributed by atoms with Crippen LogP contribution in [0.1, 0.15) is 29.3 Å². The average Bonchev–Trinajstić information content (AvgIpc) is 3.02. The lowest BCUT2D eigenvalue weighted by Gasteiger charge is -2.09. The van der Waals surface area contributed by atoms with Crippen LogP contribution in [0, 0.1) is 6.92 Å². The van der Waals surface area contributed by atoms with Gasteiger partial charge in [0.15, 0.2) is 0 Å². The number of halogens is 3. The first-order valence-electron chi connectivity index (χ1n) is 8.02. The van der Waals surface area contributed by atoms with E-state index < -0.39 is 12.7 Å². The van der Waals surface area contributed by atoms with Crippen LogP contribution in [0.15, 0.2) is 12.1 Å². The Balaban J connectivity index is 1.88. The maximum Gasteiger partial charge on any atom is 0.401 e. The van der Waals surface area contributed by atoms with Gasteiger partial charge in [-0.15, -0.1) is 0 Å². The first-order valence-corrected chi connectivity index (χ1v) is 8.02. The molecule has 0 aliphatic carbocycles. The Kier molecular flexibility index (Phi) is 4.38. The van der Waals surface area contributed by atoms with Crippen molar-refractivity contribution in [3.63, 3.8) is 0 Å². The summed E-state index contributed by atoms with van der Waals surface area (Å²) in [5.74, 6) is 0. The highest BCUT2D eigenvalue weighted by molar-refractivity contribution is 5.87. The van der Waals surface area contributed by atoms with Crippen LogP contribution in [0.3, 0.4) is 0 Å². The van der Waals surface area contributed by atoms with Crippen LogP contribution in [-0.4, -0.2) is 23.8 Å². The molecule has 2 N–H and O–H groups in total. The van der Waals surface area contributed by atoms with Gasteiger partial charge in [0.25, 0.3) is 0 Å². The zero-order valence-electron chi connectivity index (χ0n) is 13.5. The maximum atomic E-state index is 12.2. The molecule has 0 unspecified atom stereocenters. The highest BCUT2D eigenvalue weighted by Crippen LogP contribution is 2.31. The first kappa shape index (κ1) is 16.3. The molecule has 0 amide bonds. The lowest BCUT2D eigenvalue weighted by Crippen LogP contribution is -2.30. The van der Waals surface area contributed by atoms with Gasteiger partial charge in [0, 0.05) is 36.2 Å². The van der Waals surface area contributed by atoms with Crippen LogP contribution < -0.4 is 10.6 Å². The molecule has 2 aromatic rings. The number of hydrogen-bond donors (Lipinski definition) is 2. The van der Waals surface area contributed by atoms with E-state index in [9.17, 15) is 13.2 Å². The van der Waals surface area contributed by atoms with Gasteiger partial charge in [0.1, 0.15) is 0 Å². The molecule has 0 atom stereocenters. The minimum Gasteiger partial charge on any atom is -0.345 e. The molecule has 2 heterocycles. The molecule has 0 bridgehead atoms. The lowest BCUT2D eigenvalue weighted by atomic mass is 10.0. The third kappa shape index (κ3) is 3.23. The van der Waals surface area contributed by atoms with Crippen LogP contribution in [0.25, 0.3) is 10.9 Å². The SMILES string of the molecule is CCn1c(C)c(CCNCC(F)(F)F)c2cc3c(cc21)CNC3. The van der Waals surface area contributed by atoms with Crippen LogP contribution in [0.4, 0.5) is 13.2 Å². The Morgan fingerprint density at radius 1 is 1.22 bits per heavy atom. The third-order valence-corrected chi connectivity index (χ3v) is 4.60. The largest absolute Gasteiger partial charge is 0.401 e. The second-order valence-corrected chi connectivity index (χ2v) is 6.09. The third-order valence-electron chi connectivity index (χ3n) is 4.60. The molecule has 6 heteroatoms. The molecule has 1 aromatic carbocycles. The monoisotopic (exact) mass is 325 g/mol. The minimum atomic E-state index is -4.15. The quantitative estimate of drug-likeness (QED) is 0.826. The fourth-order valence-corrected chi connectivity index (χ4v) is 3.51. The van der Waals surface area contributed by atoms with Gasteiger partial charge in [-0.1, -0.05) is 0 Å². The maximum absolute atomic E-state index is 12.2. The van der Waals surface area contributed by atoms with E-state index in [4.69, 9.17) is 0 Å². The van der Waals surface area contributed by atoms with Crippen molar-refractivity contribution in [1.82, 2.24) is 15.2 Å². The molecule has 3 rings (SSSR count). The molecule has 3 nitrogen and oxygen atoms in total. The molecule has 1 aromatic heterocycles. The number of rotatable bonds is 5. The number of nitrogens with one attached hydrogen (secondary N) is 2. The zero-order chi connectivity index (χ0) is 16.6. The number of benzene rings is 1. The summed E-state index contributed by atoms with van der Waals surface area (Å²) in [4.78, 5) is 0. The zero-order valence-corrected chi connectivity index (χ0v) is 13.5. The van der Waals surface area contributed by atoms with E-state index in [1.807, 2.05) is 0 Å². The van der Waals surface area contributed by atoms with Crippen molar-refractivity contribution in [3.8, 4) is 0 Å². The summed E-state index contributed by atoms with van der Waals surface area (Å²) in [5.41, 5.74) is 6.14. The first-order chi connectivity index (χ1) is 10.9.